The Morgan fingerprint density at radius 2 is 1.79 bits per heavy atom. The minimum Gasteiger partial charge on any atom is -0.309 e. The van der Waals surface area contributed by atoms with Crippen LogP contribution in [0, 0.1) is 0 Å². The van der Waals surface area contributed by atoms with Crippen molar-refractivity contribution in [2.24, 2.45) is 0 Å². The molecule has 0 saturated carbocycles. The van der Waals surface area contributed by atoms with Crippen molar-refractivity contribution in [3.05, 3.63) is 12.2 Å². The molecule has 78 valence electrons. The summed E-state index contributed by atoms with van der Waals surface area (Å²) in [6, 6.07) is -0.0209. The Balaban J connectivity index is 2.48. The fourth-order valence-electron chi connectivity index (χ4n) is 1.42. The Bertz CT molecular complexity index is 253. The van der Waals surface area contributed by atoms with E-state index in [1.54, 1.807) is 0 Å². The maximum Gasteiger partial charge on any atom is 0.253 e. The van der Waals surface area contributed by atoms with Crippen molar-refractivity contribution in [3.8, 4) is 0 Å². The highest BCUT2D eigenvalue weighted by Gasteiger charge is 2.27. The van der Waals surface area contributed by atoms with Crippen LogP contribution in [-0.4, -0.2) is 48.3 Å². The summed E-state index contributed by atoms with van der Waals surface area (Å²) in [5, 5.41) is 0. The molecule has 1 aliphatic rings. The van der Waals surface area contributed by atoms with E-state index in [2.05, 4.69) is 0 Å². The van der Waals surface area contributed by atoms with Gasteiger partial charge in [-0.3, -0.25) is 14.5 Å². The zero-order valence-electron chi connectivity index (χ0n) is 8.86. The molecule has 4 heteroatoms. The van der Waals surface area contributed by atoms with Crippen LogP contribution in [0.3, 0.4) is 0 Å². The molecule has 1 heterocycles. The van der Waals surface area contributed by atoms with Crippen LogP contribution in [0.1, 0.15) is 13.3 Å². The molecule has 0 N–H and O–H groups in total. The quantitative estimate of drug-likeness (QED) is 0.605. The number of hydrogen-bond acceptors (Lipinski definition) is 3. The van der Waals surface area contributed by atoms with Gasteiger partial charge in [-0.2, -0.15) is 0 Å². The average Bonchev–Trinajstić information content (AvgIpc) is 2.42. The van der Waals surface area contributed by atoms with E-state index in [1.165, 1.54) is 17.1 Å². The lowest BCUT2D eigenvalue weighted by Gasteiger charge is -2.23. The van der Waals surface area contributed by atoms with E-state index in [9.17, 15) is 9.59 Å². The maximum atomic E-state index is 11.3. The van der Waals surface area contributed by atoms with Gasteiger partial charge in [-0.05, 0) is 34.0 Å². The van der Waals surface area contributed by atoms with Gasteiger partial charge in [0.15, 0.2) is 0 Å². The fourth-order valence-corrected chi connectivity index (χ4v) is 1.42. The molecule has 0 fully saturated rings. The first-order valence-corrected chi connectivity index (χ1v) is 4.72. The first-order valence-electron chi connectivity index (χ1n) is 4.72. The molecule has 1 unspecified atom stereocenters. The second kappa shape index (κ2) is 4.37. The van der Waals surface area contributed by atoms with Gasteiger partial charge in [0.2, 0.25) is 0 Å². The molecule has 2 amide bonds. The zero-order valence-corrected chi connectivity index (χ0v) is 8.86. The van der Waals surface area contributed by atoms with E-state index < -0.39 is 0 Å². The van der Waals surface area contributed by atoms with Crippen LogP contribution in [0.5, 0.6) is 0 Å². The standard InChI is InChI=1S/C10H16N2O2/c1-8(6-7-11(2)3)12-9(13)4-5-10(12)14/h4-5,8H,6-7H2,1-3H3. The summed E-state index contributed by atoms with van der Waals surface area (Å²) in [6.07, 6.45) is 3.47. The molecule has 0 spiro atoms. The van der Waals surface area contributed by atoms with Crippen molar-refractivity contribution < 1.29 is 9.59 Å². The topological polar surface area (TPSA) is 40.6 Å². The van der Waals surface area contributed by atoms with Crippen LogP contribution >= 0.6 is 0 Å². The van der Waals surface area contributed by atoms with Gasteiger partial charge < -0.3 is 4.90 Å². The van der Waals surface area contributed by atoms with Crippen molar-refractivity contribution in [2.75, 3.05) is 20.6 Å². The summed E-state index contributed by atoms with van der Waals surface area (Å²) >= 11 is 0. The predicted molar refractivity (Wildman–Crippen MR) is 53.6 cm³/mol. The number of carbonyl (C=O) groups excluding carboxylic acids is 2. The summed E-state index contributed by atoms with van der Waals surface area (Å²) in [6.45, 7) is 2.77. The molecule has 0 saturated heterocycles. The van der Waals surface area contributed by atoms with E-state index in [4.69, 9.17) is 0 Å². The molecule has 1 atom stereocenters. The lowest BCUT2D eigenvalue weighted by Crippen LogP contribution is -2.39. The van der Waals surface area contributed by atoms with E-state index in [0.717, 1.165) is 13.0 Å². The van der Waals surface area contributed by atoms with Crippen molar-refractivity contribution in [1.29, 1.82) is 0 Å². The summed E-state index contributed by atoms with van der Waals surface area (Å²) < 4.78 is 0. The smallest absolute Gasteiger partial charge is 0.253 e. The maximum absolute atomic E-state index is 11.3. The van der Waals surface area contributed by atoms with Gasteiger partial charge in [-0.25, -0.2) is 0 Å². The number of hydrogen-bond donors (Lipinski definition) is 0. The van der Waals surface area contributed by atoms with Crippen molar-refractivity contribution in [3.63, 3.8) is 0 Å². The molecule has 4 nitrogen and oxygen atoms in total. The van der Waals surface area contributed by atoms with E-state index in [0.29, 0.717) is 0 Å². The molecule has 0 aromatic carbocycles. The van der Waals surface area contributed by atoms with Gasteiger partial charge >= 0.3 is 0 Å². The van der Waals surface area contributed by atoms with Crippen molar-refractivity contribution >= 4 is 11.8 Å². The Morgan fingerprint density at radius 1 is 1.29 bits per heavy atom. The highest BCUT2D eigenvalue weighted by atomic mass is 16.2. The molecular weight excluding hydrogens is 180 g/mol. The van der Waals surface area contributed by atoms with E-state index in [-0.39, 0.29) is 17.9 Å². The van der Waals surface area contributed by atoms with Gasteiger partial charge in [-0.15, -0.1) is 0 Å². The van der Waals surface area contributed by atoms with Gasteiger partial charge in [-0.1, -0.05) is 0 Å². The molecular formula is C10H16N2O2. The van der Waals surface area contributed by atoms with Crippen molar-refractivity contribution in [2.45, 2.75) is 19.4 Å². The Morgan fingerprint density at radius 3 is 2.21 bits per heavy atom. The molecule has 0 aromatic heterocycles. The summed E-state index contributed by atoms with van der Waals surface area (Å²) in [4.78, 5) is 25.9. The number of carbonyl (C=O) groups is 2. The minimum absolute atomic E-state index is 0.0209. The van der Waals surface area contributed by atoms with Gasteiger partial charge in [0.1, 0.15) is 0 Å². The largest absolute Gasteiger partial charge is 0.309 e. The van der Waals surface area contributed by atoms with Crippen LogP contribution in [0.25, 0.3) is 0 Å². The molecule has 0 bridgehead atoms. The normalized spacial score (nSPS) is 18.4. The predicted octanol–water partition coefficient (Wildman–Crippen LogP) is 0.252. The highest BCUT2D eigenvalue weighted by Crippen LogP contribution is 2.11. The third kappa shape index (κ3) is 2.42. The molecule has 0 aromatic rings. The first-order chi connectivity index (χ1) is 6.52. The monoisotopic (exact) mass is 196 g/mol. The molecule has 0 radical (unpaired) electrons. The SMILES string of the molecule is CC(CCN(C)C)N1C(=O)C=CC1=O. The summed E-state index contributed by atoms with van der Waals surface area (Å²) in [5.41, 5.74) is 0. The van der Waals surface area contributed by atoms with Gasteiger partial charge in [0, 0.05) is 18.2 Å². The van der Waals surface area contributed by atoms with Crippen LogP contribution in [0.15, 0.2) is 12.2 Å². The van der Waals surface area contributed by atoms with Crippen LogP contribution in [0.4, 0.5) is 0 Å². The minimum atomic E-state index is -0.193. The molecule has 1 aliphatic heterocycles. The third-order valence-corrected chi connectivity index (χ3v) is 2.28. The van der Waals surface area contributed by atoms with Gasteiger partial charge in [0.05, 0.1) is 0 Å². The van der Waals surface area contributed by atoms with Crippen molar-refractivity contribution in [1.82, 2.24) is 9.80 Å². The molecule has 1 rings (SSSR count). The van der Waals surface area contributed by atoms with Gasteiger partial charge in [0.25, 0.3) is 11.8 Å². The fraction of sp³-hybridized carbons (Fsp3) is 0.600. The average molecular weight is 196 g/mol. The Kier molecular flexibility index (Phi) is 3.41. The highest BCUT2D eigenvalue weighted by molar-refractivity contribution is 6.13. The number of amides is 2. The number of imide groups is 1. The lowest BCUT2D eigenvalue weighted by molar-refractivity contribution is -0.139. The second-order valence-corrected chi connectivity index (χ2v) is 3.82. The second-order valence-electron chi connectivity index (χ2n) is 3.82. The number of rotatable bonds is 4. The van der Waals surface area contributed by atoms with E-state index in [1.807, 2.05) is 25.9 Å². The zero-order chi connectivity index (χ0) is 10.7. The summed E-state index contributed by atoms with van der Waals surface area (Å²) in [7, 11) is 3.94. The Labute approximate surface area is 84.2 Å². The Hall–Kier alpha value is -1.16. The number of nitrogens with zero attached hydrogens (tertiary/aromatic N) is 2. The van der Waals surface area contributed by atoms with Crippen LogP contribution in [0.2, 0.25) is 0 Å². The molecule has 0 aliphatic carbocycles. The van der Waals surface area contributed by atoms with Crippen LogP contribution in [-0.2, 0) is 9.59 Å². The third-order valence-electron chi connectivity index (χ3n) is 2.28. The summed E-state index contributed by atoms with van der Waals surface area (Å²) in [5.74, 6) is -0.387. The van der Waals surface area contributed by atoms with E-state index >= 15 is 0 Å². The first kappa shape index (κ1) is 10.9. The van der Waals surface area contributed by atoms with Crippen LogP contribution < -0.4 is 0 Å². The lowest BCUT2D eigenvalue weighted by atomic mass is 10.2. The molecule has 14 heavy (non-hydrogen) atoms.